The second-order valence-electron chi connectivity index (χ2n) is 6.49. The van der Waals surface area contributed by atoms with Gasteiger partial charge in [0.15, 0.2) is 0 Å². The highest BCUT2D eigenvalue weighted by atomic mass is 16.5. The molecule has 0 aromatic rings. The Balaban J connectivity index is 2.02. The Morgan fingerprint density at radius 3 is 2.84 bits per heavy atom. The minimum absolute atomic E-state index is 0.0184. The third-order valence-electron chi connectivity index (χ3n) is 3.90. The number of carbonyl (C=O) groups is 1. The molecule has 2 heterocycles. The number of morpholine rings is 1. The fraction of sp³-hybridized carbons (Fsp3) is 0.929. The summed E-state index contributed by atoms with van der Waals surface area (Å²) < 4.78 is 11.3. The smallest absolute Gasteiger partial charge is 0.129 e. The highest BCUT2D eigenvalue weighted by Crippen LogP contribution is 2.30. The van der Waals surface area contributed by atoms with Gasteiger partial charge in [-0.3, -0.25) is 4.90 Å². The van der Waals surface area contributed by atoms with Crippen LogP contribution in [0.4, 0.5) is 0 Å². The van der Waals surface area contributed by atoms with Gasteiger partial charge in [-0.1, -0.05) is 0 Å². The summed E-state index contributed by atoms with van der Waals surface area (Å²) in [6.07, 6.45) is 2.72. The number of nitrogens with zero attached hydrogens (tertiary/aromatic N) is 1. The van der Waals surface area contributed by atoms with E-state index in [4.69, 9.17) is 9.47 Å². The van der Waals surface area contributed by atoms with Crippen LogP contribution in [-0.4, -0.2) is 67.5 Å². The van der Waals surface area contributed by atoms with Gasteiger partial charge in [-0.05, 0) is 26.7 Å². The molecule has 0 amide bonds. The van der Waals surface area contributed by atoms with Crippen LogP contribution in [0.15, 0.2) is 0 Å². The lowest BCUT2D eigenvalue weighted by molar-refractivity contribution is -0.160. The van der Waals surface area contributed by atoms with Crippen molar-refractivity contribution in [2.24, 2.45) is 5.41 Å². The lowest BCUT2D eigenvalue weighted by atomic mass is 9.83. The van der Waals surface area contributed by atoms with Gasteiger partial charge in [0.2, 0.25) is 0 Å². The molecule has 19 heavy (non-hydrogen) atoms. The Morgan fingerprint density at radius 1 is 1.47 bits per heavy atom. The first kappa shape index (κ1) is 14.9. The lowest BCUT2D eigenvalue weighted by Crippen LogP contribution is -2.57. The second kappa shape index (κ2) is 5.87. The van der Waals surface area contributed by atoms with Crippen LogP contribution in [0.1, 0.15) is 26.7 Å². The van der Waals surface area contributed by atoms with Crippen molar-refractivity contribution in [1.29, 1.82) is 0 Å². The maximum atomic E-state index is 11.5. The molecular weight excluding hydrogens is 246 g/mol. The number of hydrogen-bond acceptors (Lipinski definition) is 5. The predicted molar refractivity (Wildman–Crippen MR) is 71.0 cm³/mol. The summed E-state index contributed by atoms with van der Waals surface area (Å²) in [4.78, 5) is 13.7. The van der Waals surface area contributed by atoms with Crippen LogP contribution in [0.2, 0.25) is 0 Å². The van der Waals surface area contributed by atoms with E-state index in [0.717, 1.165) is 32.3 Å². The van der Waals surface area contributed by atoms with Gasteiger partial charge in [-0.15, -0.1) is 0 Å². The Hall–Kier alpha value is -0.490. The second-order valence-corrected chi connectivity index (χ2v) is 6.49. The fourth-order valence-electron chi connectivity index (χ4n) is 3.21. The lowest BCUT2D eigenvalue weighted by Gasteiger charge is -2.45. The standard InChI is InChI=1S/C14H25NO4/c1-13(2)8-15(6-12(7-16)19-13)9-14(10-17)4-3-5-18-11-14/h10,12,16H,3-9,11H2,1-2H3. The van der Waals surface area contributed by atoms with Crippen molar-refractivity contribution in [3.63, 3.8) is 0 Å². The molecule has 2 fully saturated rings. The summed E-state index contributed by atoms with van der Waals surface area (Å²) in [6.45, 7) is 7.47. The van der Waals surface area contributed by atoms with Gasteiger partial charge in [-0.2, -0.15) is 0 Å². The SMILES string of the molecule is CC1(C)CN(CC2(C=O)CCCOC2)CC(CO)O1. The van der Waals surface area contributed by atoms with Crippen molar-refractivity contribution in [2.75, 3.05) is 39.5 Å². The molecular formula is C14H25NO4. The molecule has 2 aliphatic heterocycles. The Bertz CT molecular complexity index is 313. The van der Waals surface area contributed by atoms with E-state index in [1.54, 1.807) is 0 Å². The van der Waals surface area contributed by atoms with E-state index in [-0.39, 0.29) is 23.7 Å². The summed E-state index contributed by atoms with van der Waals surface area (Å²) in [7, 11) is 0. The number of carbonyl (C=O) groups excluding carboxylic acids is 1. The van der Waals surface area contributed by atoms with Crippen LogP contribution in [0.25, 0.3) is 0 Å². The molecule has 2 atom stereocenters. The average molecular weight is 271 g/mol. The normalized spacial score (nSPS) is 36.1. The van der Waals surface area contributed by atoms with Crippen molar-refractivity contribution >= 4 is 6.29 Å². The first-order valence-electron chi connectivity index (χ1n) is 7.04. The van der Waals surface area contributed by atoms with Gasteiger partial charge in [0.25, 0.3) is 0 Å². The third kappa shape index (κ3) is 3.75. The van der Waals surface area contributed by atoms with Crippen molar-refractivity contribution in [2.45, 2.75) is 38.4 Å². The number of ether oxygens (including phenoxy) is 2. The first-order valence-corrected chi connectivity index (χ1v) is 7.04. The molecule has 0 aromatic carbocycles. The fourth-order valence-corrected chi connectivity index (χ4v) is 3.21. The molecule has 0 spiro atoms. The minimum atomic E-state index is -0.383. The molecule has 5 heteroatoms. The van der Waals surface area contributed by atoms with Gasteiger partial charge in [0.1, 0.15) is 6.29 Å². The van der Waals surface area contributed by atoms with Crippen molar-refractivity contribution in [1.82, 2.24) is 4.90 Å². The van der Waals surface area contributed by atoms with Gasteiger partial charge in [0, 0.05) is 26.2 Å². The number of rotatable bonds is 4. The maximum absolute atomic E-state index is 11.5. The number of hydrogen-bond donors (Lipinski definition) is 1. The zero-order valence-corrected chi connectivity index (χ0v) is 11.9. The third-order valence-corrected chi connectivity index (χ3v) is 3.90. The summed E-state index contributed by atoms with van der Waals surface area (Å²) in [5, 5.41) is 9.32. The van der Waals surface area contributed by atoms with Crippen LogP contribution < -0.4 is 0 Å². The van der Waals surface area contributed by atoms with Crippen molar-refractivity contribution in [3.05, 3.63) is 0 Å². The predicted octanol–water partition coefficient (Wildman–Crippen LogP) is 0.454. The molecule has 0 bridgehead atoms. The summed E-state index contributed by atoms with van der Waals surface area (Å²) >= 11 is 0. The van der Waals surface area contributed by atoms with E-state index in [0.29, 0.717) is 19.7 Å². The van der Waals surface area contributed by atoms with Gasteiger partial charge in [0.05, 0.1) is 30.3 Å². The molecule has 2 unspecified atom stereocenters. The van der Waals surface area contributed by atoms with E-state index in [9.17, 15) is 9.90 Å². The minimum Gasteiger partial charge on any atom is -0.394 e. The number of aldehydes is 1. The molecule has 0 radical (unpaired) electrons. The molecule has 2 rings (SSSR count). The van der Waals surface area contributed by atoms with Crippen LogP contribution in [0.5, 0.6) is 0 Å². The topological polar surface area (TPSA) is 59.0 Å². The van der Waals surface area contributed by atoms with Crippen molar-refractivity contribution < 1.29 is 19.4 Å². The van der Waals surface area contributed by atoms with E-state index >= 15 is 0 Å². The first-order chi connectivity index (χ1) is 8.99. The molecule has 1 N–H and O–H groups in total. The van der Waals surface area contributed by atoms with Crippen LogP contribution >= 0.6 is 0 Å². The Kier molecular flexibility index (Phi) is 4.61. The quantitative estimate of drug-likeness (QED) is 0.753. The van der Waals surface area contributed by atoms with E-state index in [1.807, 2.05) is 13.8 Å². The molecule has 0 aliphatic carbocycles. The van der Waals surface area contributed by atoms with Crippen LogP contribution in [0.3, 0.4) is 0 Å². The Labute approximate surface area is 114 Å². The average Bonchev–Trinajstić information content (AvgIpc) is 2.38. The zero-order chi connectivity index (χ0) is 13.9. The van der Waals surface area contributed by atoms with Gasteiger partial charge in [-0.25, -0.2) is 0 Å². The summed E-state index contributed by atoms with van der Waals surface area (Å²) in [5.41, 5.74) is -0.670. The summed E-state index contributed by atoms with van der Waals surface area (Å²) in [6, 6.07) is 0. The van der Waals surface area contributed by atoms with Crippen LogP contribution in [0, 0.1) is 5.41 Å². The largest absolute Gasteiger partial charge is 0.394 e. The zero-order valence-electron chi connectivity index (χ0n) is 11.9. The van der Waals surface area contributed by atoms with Gasteiger partial charge < -0.3 is 19.4 Å². The van der Waals surface area contributed by atoms with E-state index in [1.165, 1.54) is 0 Å². The monoisotopic (exact) mass is 271 g/mol. The molecule has 5 nitrogen and oxygen atoms in total. The van der Waals surface area contributed by atoms with Gasteiger partial charge >= 0.3 is 0 Å². The Morgan fingerprint density at radius 2 is 2.26 bits per heavy atom. The van der Waals surface area contributed by atoms with Crippen molar-refractivity contribution in [3.8, 4) is 0 Å². The molecule has 2 aliphatic rings. The van der Waals surface area contributed by atoms with E-state index < -0.39 is 0 Å². The molecule has 2 saturated heterocycles. The molecule has 110 valence electrons. The molecule has 0 aromatic heterocycles. The van der Waals surface area contributed by atoms with Crippen LogP contribution in [-0.2, 0) is 14.3 Å². The summed E-state index contributed by atoms with van der Waals surface area (Å²) in [5.74, 6) is 0. The maximum Gasteiger partial charge on any atom is 0.129 e. The highest BCUT2D eigenvalue weighted by Gasteiger charge is 2.39. The van der Waals surface area contributed by atoms with E-state index in [2.05, 4.69) is 4.90 Å². The number of aliphatic hydroxyl groups excluding tert-OH is 1. The molecule has 0 saturated carbocycles. The highest BCUT2D eigenvalue weighted by molar-refractivity contribution is 5.60. The number of aliphatic hydroxyl groups is 1.